The molecule has 0 saturated heterocycles. The molecule has 0 aromatic carbocycles. The molecule has 0 aliphatic heterocycles. The van der Waals surface area contributed by atoms with Gasteiger partial charge in [0.25, 0.3) is 0 Å². The molecule has 0 amide bonds. The molecule has 0 aromatic rings. The van der Waals surface area contributed by atoms with E-state index in [0.29, 0.717) is 12.8 Å². The van der Waals surface area contributed by atoms with Crippen LogP contribution in [0.4, 0.5) is 0 Å². The van der Waals surface area contributed by atoms with Crippen LogP contribution in [-0.4, -0.2) is 24.7 Å². The molecule has 76 valence electrons. The van der Waals surface area contributed by atoms with E-state index in [-0.39, 0.29) is 0 Å². The lowest BCUT2D eigenvalue weighted by Crippen LogP contribution is -2.35. The Morgan fingerprint density at radius 1 is 1.31 bits per heavy atom. The van der Waals surface area contributed by atoms with E-state index in [2.05, 4.69) is 0 Å². The predicted molar refractivity (Wildman–Crippen MR) is 48.2 cm³/mol. The Kier molecular flexibility index (Phi) is 3.18. The van der Waals surface area contributed by atoms with Crippen molar-refractivity contribution in [2.45, 2.75) is 30.9 Å². The van der Waals surface area contributed by atoms with Crippen molar-refractivity contribution in [3.63, 3.8) is 0 Å². The molecule has 0 aromatic heterocycles. The molecule has 13 heavy (non-hydrogen) atoms. The second-order valence-electron chi connectivity index (χ2n) is 3.24. The normalized spacial score (nSPS) is 29.9. The summed E-state index contributed by atoms with van der Waals surface area (Å²) in [5, 5.41) is 7.85. The summed E-state index contributed by atoms with van der Waals surface area (Å²) in [6.07, 6.45) is 2.27. The molecule has 4 nitrogen and oxygen atoms in total. The molecule has 0 heterocycles. The first kappa shape index (κ1) is 10.8. The van der Waals surface area contributed by atoms with Crippen molar-refractivity contribution in [1.29, 1.82) is 0 Å². The van der Waals surface area contributed by atoms with Gasteiger partial charge in [-0.3, -0.25) is 4.79 Å². The highest BCUT2D eigenvalue weighted by Crippen LogP contribution is 2.31. The lowest BCUT2D eigenvalue weighted by molar-refractivity contribution is -0.142. The molecular weight excluding hydrogens is 216 g/mol. The van der Waals surface area contributed by atoms with Gasteiger partial charge in [0.1, 0.15) is 0 Å². The highest BCUT2D eigenvalue weighted by atomic mass is 35.7. The Morgan fingerprint density at radius 2 is 1.85 bits per heavy atom. The molecule has 0 bridgehead atoms. The summed E-state index contributed by atoms with van der Waals surface area (Å²) < 4.78 is 22.0. The number of hydrogen-bond donors (Lipinski definition) is 1. The predicted octanol–water partition coefficient (Wildman–Crippen LogP) is 1.20. The summed E-state index contributed by atoms with van der Waals surface area (Å²) in [6.45, 7) is 0. The summed E-state index contributed by atoms with van der Waals surface area (Å²) in [4.78, 5) is 10.7. The first-order chi connectivity index (χ1) is 5.93. The zero-order valence-electron chi connectivity index (χ0n) is 6.94. The van der Waals surface area contributed by atoms with Gasteiger partial charge < -0.3 is 5.11 Å². The van der Waals surface area contributed by atoms with Crippen LogP contribution >= 0.6 is 10.7 Å². The van der Waals surface area contributed by atoms with Gasteiger partial charge in [-0.25, -0.2) is 8.42 Å². The Labute approximate surface area is 81.3 Å². The minimum absolute atomic E-state index is 0.364. The van der Waals surface area contributed by atoms with Crippen LogP contribution < -0.4 is 0 Å². The smallest absolute Gasteiger partial charge is 0.307 e. The molecule has 6 heteroatoms. The fraction of sp³-hybridized carbons (Fsp3) is 0.857. The van der Waals surface area contributed by atoms with E-state index in [0.717, 1.165) is 12.8 Å². The van der Waals surface area contributed by atoms with E-state index in [1.165, 1.54) is 0 Å². The molecule has 1 rings (SSSR count). The van der Waals surface area contributed by atoms with E-state index >= 15 is 0 Å². The van der Waals surface area contributed by atoms with Crippen LogP contribution in [0.15, 0.2) is 0 Å². The van der Waals surface area contributed by atoms with Crippen molar-refractivity contribution in [2.24, 2.45) is 5.92 Å². The number of aliphatic carboxylic acids is 1. The summed E-state index contributed by atoms with van der Waals surface area (Å²) in [6, 6.07) is 0. The van der Waals surface area contributed by atoms with Gasteiger partial charge in [-0.05, 0) is 12.8 Å². The van der Waals surface area contributed by atoms with Crippen molar-refractivity contribution in [2.75, 3.05) is 0 Å². The van der Waals surface area contributed by atoms with Gasteiger partial charge in [0, 0.05) is 10.7 Å². The molecule has 1 saturated carbocycles. The van der Waals surface area contributed by atoms with Gasteiger partial charge in [0.05, 0.1) is 11.2 Å². The van der Waals surface area contributed by atoms with Crippen LogP contribution in [0.3, 0.4) is 0 Å². The van der Waals surface area contributed by atoms with Crippen LogP contribution in [-0.2, 0) is 13.8 Å². The number of carboxylic acid groups (broad SMARTS) is 1. The van der Waals surface area contributed by atoms with Gasteiger partial charge in [0.15, 0.2) is 0 Å². The Balaban J connectivity index is 2.86. The van der Waals surface area contributed by atoms with Crippen molar-refractivity contribution >= 4 is 25.7 Å². The quantitative estimate of drug-likeness (QED) is 0.719. The first-order valence-corrected chi connectivity index (χ1v) is 6.46. The summed E-state index contributed by atoms with van der Waals surface area (Å²) >= 11 is 0. The van der Waals surface area contributed by atoms with Crippen LogP contribution in [0.5, 0.6) is 0 Å². The highest BCUT2D eigenvalue weighted by molar-refractivity contribution is 8.14. The Hall–Kier alpha value is -0.290. The van der Waals surface area contributed by atoms with Crippen LogP contribution in [0.25, 0.3) is 0 Å². The molecule has 1 fully saturated rings. The average Bonchev–Trinajstić information content (AvgIpc) is 2.03. The van der Waals surface area contributed by atoms with Gasteiger partial charge in [0.2, 0.25) is 9.05 Å². The van der Waals surface area contributed by atoms with E-state index in [1.807, 2.05) is 0 Å². The maximum absolute atomic E-state index is 11.0. The maximum atomic E-state index is 11.0. The second-order valence-corrected chi connectivity index (χ2v) is 6.09. The monoisotopic (exact) mass is 226 g/mol. The van der Waals surface area contributed by atoms with Gasteiger partial charge in [-0.15, -0.1) is 0 Å². The first-order valence-electron chi connectivity index (χ1n) is 4.09. The lowest BCUT2D eigenvalue weighted by Gasteiger charge is -2.25. The molecule has 0 spiro atoms. The number of hydrogen-bond acceptors (Lipinski definition) is 3. The fourth-order valence-electron chi connectivity index (χ4n) is 1.72. The van der Waals surface area contributed by atoms with Gasteiger partial charge >= 0.3 is 5.97 Å². The fourth-order valence-corrected chi connectivity index (χ4v) is 3.45. The third-order valence-corrected chi connectivity index (χ3v) is 4.36. The summed E-state index contributed by atoms with van der Waals surface area (Å²) in [5.41, 5.74) is 0. The zero-order valence-corrected chi connectivity index (χ0v) is 8.51. The third kappa shape index (κ3) is 2.57. The SMILES string of the molecule is O=C(O)C1CCCCC1S(=O)(=O)Cl. The van der Waals surface area contributed by atoms with Crippen molar-refractivity contribution in [3.8, 4) is 0 Å². The molecule has 1 aliphatic rings. The molecule has 0 radical (unpaired) electrons. The molecule has 2 unspecified atom stereocenters. The number of carbonyl (C=O) groups is 1. The summed E-state index contributed by atoms with van der Waals surface area (Å²) in [7, 11) is 1.43. The minimum Gasteiger partial charge on any atom is -0.481 e. The van der Waals surface area contributed by atoms with E-state index < -0.39 is 26.2 Å². The third-order valence-electron chi connectivity index (χ3n) is 2.38. The number of halogens is 1. The molecule has 1 N–H and O–H groups in total. The van der Waals surface area contributed by atoms with Gasteiger partial charge in [-0.1, -0.05) is 12.8 Å². The highest BCUT2D eigenvalue weighted by Gasteiger charge is 2.38. The van der Waals surface area contributed by atoms with E-state index in [1.54, 1.807) is 0 Å². The van der Waals surface area contributed by atoms with Crippen molar-refractivity contribution in [3.05, 3.63) is 0 Å². The van der Waals surface area contributed by atoms with E-state index in [9.17, 15) is 13.2 Å². The molecular formula is C7H11ClO4S. The topological polar surface area (TPSA) is 71.4 Å². The Bertz CT molecular complexity index is 298. The average molecular weight is 227 g/mol. The zero-order chi connectivity index (χ0) is 10.1. The molecule has 2 atom stereocenters. The van der Waals surface area contributed by atoms with E-state index in [4.69, 9.17) is 15.8 Å². The standard InChI is InChI=1S/C7H11ClO4S/c8-13(11,12)6-4-2-1-3-5(6)7(9)10/h5-6H,1-4H2,(H,9,10). The van der Waals surface area contributed by atoms with Crippen LogP contribution in [0, 0.1) is 5.92 Å². The lowest BCUT2D eigenvalue weighted by atomic mass is 9.89. The van der Waals surface area contributed by atoms with Crippen molar-refractivity contribution < 1.29 is 18.3 Å². The van der Waals surface area contributed by atoms with Crippen LogP contribution in [0.2, 0.25) is 0 Å². The largest absolute Gasteiger partial charge is 0.481 e. The van der Waals surface area contributed by atoms with Gasteiger partial charge in [-0.2, -0.15) is 0 Å². The molecule has 1 aliphatic carbocycles. The maximum Gasteiger partial charge on any atom is 0.307 e. The van der Waals surface area contributed by atoms with Crippen LogP contribution in [0.1, 0.15) is 25.7 Å². The minimum atomic E-state index is -3.73. The Morgan fingerprint density at radius 3 is 2.23 bits per heavy atom. The summed E-state index contributed by atoms with van der Waals surface area (Å²) in [5.74, 6) is -1.88. The number of carboxylic acids is 1. The second kappa shape index (κ2) is 3.84. The number of rotatable bonds is 2. The van der Waals surface area contributed by atoms with Crippen molar-refractivity contribution in [1.82, 2.24) is 0 Å².